The molecule has 2 bridgehead atoms. The number of carbonyl (C=O) groups excluding carboxylic acids is 2. The summed E-state index contributed by atoms with van der Waals surface area (Å²) in [6.07, 6.45) is 0.724. The van der Waals surface area contributed by atoms with E-state index < -0.39 is 0 Å². The predicted molar refractivity (Wildman–Crippen MR) is 104 cm³/mol. The molecule has 2 aromatic carbocycles. The lowest BCUT2D eigenvalue weighted by molar-refractivity contribution is -0.125. The zero-order valence-electron chi connectivity index (χ0n) is 14.9. The molecule has 4 aliphatic rings. The van der Waals surface area contributed by atoms with Crippen LogP contribution in [0.1, 0.15) is 12.0 Å². The lowest BCUT2D eigenvalue weighted by Crippen LogP contribution is -2.41. The van der Waals surface area contributed by atoms with Crippen LogP contribution in [0, 0.1) is 29.6 Å². The molecule has 6 atom stereocenters. The van der Waals surface area contributed by atoms with Crippen LogP contribution in [-0.2, 0) is 14.4 Å². The second-order valence-electron chi connectivity index (χ2n) is 8.04. The van der Waals surface area contributed by atoms with E-state index in [4.69, 9.17) is 16.4 Å². The number of para-hydroxylation sites is 1. The Kier molecular flexibility index (Phi) is 3.30. The van der Waals surface area contributed by atoms with Gasteiger partial charge in [-0.05, 0) is 42.2 Å². The minimum Gasteiger partial charge on any atom is -0.391 e. The Labute approximate surface area is 166 Å². The summed E-state index contributed by atoms with van der Waals surface area (Å²) in [6.45, 7) is 0. The van der Waals surface area contributed by atoms with Crippen molar-refractivity contribution in [2.45, 2.75) is 12.5 Å². The van der Waals surface area contributed by atoms with Crippen LogP contribution in [0.4, 0.5) is 5.69 Å². The number of hydrogen-bond acceptors (Lipinski definition) is 4. The molecule has 2 aliphatic carbocycles. The number of imide groups is 1. The molecule has 6 rings (SSSR count). The van der Waals surface area contributed by atoms with Crippen molar-refractivity contribution in [1.29, 1.82) is 0 Å². The second kappa shape index (κ2) is 5.67. The molecule has 0 spiro atoms. The first kappa shape index (κ1) is 16.3. The van der Waals surface area contributed by atoms with Crippen LogP contribution < -0.4 is 4.90 Å². The summed E-state index contributed by atoms with van der Waals surface area (Å²) in [7, 11) is 0. The van der Waals surface area contributed by atoms with Crippen molar-refractivity contribution >= 4 is 34.8 Å². The fourth-order valence-electron chi connectivity index (χ4n) is 5.82. The summed E-state index contributed by atoms with van der Waals surface area (Å²) in [5, 5.41) is 5.02. The highest BCUT2D eigenvalue weighted by Crippen LogP contribution is 2.62. The number of oxime groups is 1. The van der Waals surface area contributed by atoms with E-state index in [0.29, 0.717) is 10.7 Å². The van der Waals surface area contributed by atoms with Crippen molar-refractivity contribution in [3.05, 3.63) is 65.2 Å². The molecule has 2 aromatic rings. The Morgan fingerprint density at radius 3 is 2.29 bits per heavy atom. The van der Waals surface area contributed by atoms with Gasteiger partial charge in [0.15, 0.2) is 0 Å². The van der Waals surface area contributed by atoms with Crippen LogP contribution in [0.3, 0.4) is 0 Å². The Balaban J connectivity index is 1.36. The topological polar surface area (TPSA) is 59.0 Å². The number of nitrogens with zero attached hydrogens (tertiary/aromatic N) is 2. The van der Waals surface area contributed by atoms with Gasteiger partial charge < -0.3 is 4.84 Å². The average Bonchev–Trinajstić information content (AvgIpc) is 3.44. The molecule has 2 saturated carbocycles. The van der Waals surface area contributed by atoms with Crippen LogP contribution in [0.25, 0.3) is 0 Å². The molecular formula is C22H17ClN2O3. The number of fused-ring (bicyclic) bond motifs is 8. The minimum absolute atomic E-state index is 0.0405. The maximum absolute atomic E-state index is 13.3. The molecule has 6 heteroatoms. The first-order valence-electron chi connectivity index (χ1n) is 9.57. The molecule has 0 radical (unpaired) electrons. The van der Waals surface area contributed by atoms with Gasteiger partial charge in [0.1, 0.15) is 6.10 Å². The van der Waals surface area contributed by atoms with Gasteiger partial charge >= 0.3 is 0 Å². The number of carbonyl (C=O) groups is 2. The third-order valence-electron chi connectivity index (χ3n) is 6.84. The van der Waals surface area contributed by atoms with Crippen LogP contribution >= 0.6 is 11.6 Å². The van der Waals surface area contributed by atoms with Crippen LogP contribution in [0.5, 0.6) is 0 Å². The second-order valence-corrected chi connectivity index (χ2v) is 8.48. The Hall–Kier alpha value is -2.66. The standard InChI is InChI=1S/C22H17ClN2O3/c23-12-8-6-11(7-9-12)19-18-14-10-15(20(18)28-24-19)17-16(14)21(26)25(22(17)27)13-4-2-1-3-5-13/h1-9,14-18,20H,10H2/t14-,15-,16+,17-,18-,20+/m0/s1. The van der Waals surface area contributed by atoms with Crippen molar-refractivity contribution in [2.75, 3.05) is 4.90 Å². The summed E-state index contributed by atoms with van der Waals surface area (Å²) in [6, 6.07) is 16.8. The summed E-state index contributed by atoms with van der Waals surface area (Å²) in [5.41, 5.74) is 2.51. The minimum atomic E-state index is -0.293. The van der Waals surface area contributed by atoms with E-state index >= 15 is 0 Å². The Morgan fingerprint density at radius 1 is 0.893 bits per heavy atom. The number of rotatable bonds is 2. The maximum atomic E-state index is 13.3. The highest BCUT2D eigenvalue weighted by Gasteiger charge is 2.70. The summed E-state index contributed by atoms with van der Waals surface area (Å²) >= 11 is 6.02. The smallest absolute Gasteiger partial charge is 0.238 e. The average molecular weight is 393 g/mol. The largest absolute Gasteiger partial charge is 0.391 e. The molecule has 1 saturated heterocycles. The lowest BCUT2D eigenvalue weighted by atomic mass is 9.71. The molecule has 2 amide bonds. The molecule has 2 heterocycles. The highest BCUT2D eigenvalue weighted by atomic mass is 35.5. The van der Waals surface area contributed by atoms with Gasteiger partial charge in [-0.15, -0.1) is 0 Å². The molecule has 140 valence electrons. The number of hydrogen-bond donors (Lipinski definition) is 0. The zero-order chi connectivity index (χ0) is 19.0. The Morgan fingerprint density at radius 2 is 1.57 bits per heavy atom. The van der Waals surface area contributed by atoms with Crippen LogP contribution in [0.15, 0.2) is 59.8 Å². The first-order valence-corrected chi connectivity index (χ1v) is 9.95. The Bertz CT molecular complexity index is 1020. The van der Waals surface area contributed by atoms with Gasteiger partial charge in [-0.2, -0.15) is 0 Å². The number of amides is 2. The fourth-order valence-corrected chi connectivity index (χ4v) is 5.94. The van der Waals surface area contributed by atoms with Gasteiger partial charge in [0.2, 0.25) is 11.8 Å². The van der Waals surface area contributed by atoms with Gasteiger partial charge in [-0.25, -0.2) is 0 Å². The normalized spacial score (nSPS) is 35.0. The van der Waals surface area contributed by atoms with Crippen molar-refractivity contribution in [3.63, 3.8) is 0 Å². The third kappa shape index (κ3) is 2.00. The summed E-state index contributed by atoms with van der Waals surface area (Å²) in [4.78, 5) is 33.6. The van der Waals surface area contributed by atoms with Gasteiger partial charge in [0, 0.05) is 16.9 Å². The molecule has 5 nitrogen and oxygen atoms in total. The molecule has 0 unspecified atom stereocenters. The quantitative estimate of drug-likeness (QED) is 0.735. The van der Waals surface area contributed by atoms with E-state index in [0.717, 1.165) is 17.7 Å². The number of halogens is 1. The van der Waals surface area contributed by atoms with E-state index in [1.165, 1.54) is 4.90 Å². The van der Waals surface area contributed by atoms with Gasteiger partial charge in [-0.3, -0.25) is 14.5 Å². The van der Waals surface area contributed by atoms with E-state index in [1.807, 2.05) is 54.6 Å². The van der Waals surface area contributed by atoms with Gasteiger partial charge in [0.25, 0.3) is 0 Å². The number of benzene rings is 2. The van der Waals surface area contributed by atoms with Crippen molar-refractivity contribution < 1.29 is 14.4 Å². The monoisotopic (exact) mass is 392 g/mol. The fraction of sp³-hybridized carbons (Fsp3) is 0.318. The zero-order valence-corrected chi connectivity index (χ0v) is 15.6. The van der Waals surface area contributed by atoms with E-state index in [-0.39, 0.29) is 47.5 Å². The van der Waals surface area contributed by atoms with Gasteiger partial charge in [0.05, 0.1) is 23.2 Å². The van der Waals surface area contributed by atoms with Crippen LogP contribution in [0.2, 0.25) is 5.02 Å². The SMILES string of the molecule is O=C1[C@@H]2[C@@H]3C[C@H]([C@H]4ON=C(c5ccc(Cl)cc5)[C@H]34)[C@@H]2C(=O)N1c1ccccc1. The van der Waals surface area contributed by atoms with Crippen molar-refractivity contribution in [1.82, 2.24) is 0 Å². The summed E-state index contributed by atoms with van der Waals surface area (Å²) < 4.78 is 0. The van der Waals surface area contributed by atoms with Crippen LogP contribution in [-0.4, -0.2) is 23.6 Å². The van der Waals surface area contributed by atoms with Crippen molar-refractivity contribution in [2.24, 2.45) is 34.7 Å². The van der Waals surface area contributed by atoms with E-state index in [2.05, 4.69) is 5.16 Å². The molecule has 0 N–H and O–H groups in total. The lowest BCUT2D eigenvalue weighted by Gasteiger charge is -2.29. The summed E-state index contributed by atoms with van der Waals surface area (Å²) in [5.74, 6) is -0.553. The predicted octanol–water partition coefficient (Wildman–Crippen LogP) is 3.51. The molecule has 2 aliphatic heterocycles. The first-order chi connectivity index (χ1) is 13.6. The number of anilines is 1. The van der Waals surface area contributed by atoms with Crippen molar-refractivity contribution in [3.8, 4) is 0 Å². The maximum Gasteiger partial charge on any atom is 0.238 e. The molecule has 3 fully saturated rings. The molecular weight excluding hydrogens is 376 g/mol. The van der Waals surface area contributed by atoms with E-state index in [1.54, 1.807) is 0 Å². The highest BCUT2D eigenvalue weighted by molar-refractivity contribution is 6.30. The molecule has 0 aromatic heterocycles. The van der Waals surface area contributed by atoms with Gasteiger partial charge in [-0.1, -0.05) is 47.1 Å². The molecule has 28 heavy (non-hydrogen) atoms. The van der Waals surface area contributed by atoms with E-state index in [9.17, 15) is 9.59 Å². The third-order valence-corrected chi connectivity index (χ3v) is 7.10.